The van der Waals surface area contributed by atoms with Crippen LogP contribution < -0.4 is 15.8 Å². The molecule has 0 radical (unpaired) electrons. The molecule has 5 nitrogen and oxygen atoms in total. The maximum atomic E-state index is 12.9. The molecule has 26 heavy (non-hydrogen) atoms. The van der Waals surface area contributed by atoms with E-state index in [-0.39, 0.29) is 18.2 Å². The quantitative estimate of drug-likeness (QED) is 0.486. The van der Waals surface area contributed by atoms with E-state index in [0.29, 0.717) is 21.9 Å². The lowest BCUT2D eigenvalue weighted by Gasteiger charge is -2.05. The highest BCUT2D eigenvalue weighted by atomic mass is 32.1. The van der Waals surface area contributed by atoms with E-state index in [4.69, 9.17) is 10.5 Å². The first-order valence-corrected chi connectivity index (χ1v) is 9.72. The van der Waals surface area contributed by atoms with E-state index in [9.17, 15) is 9.59 Å². The summed E-state index contributed by atoms with van der Waals surface area (Å²) in [5.41, 5.74) is 6.48. The Labute approximate surface area is 158 Å². The SMILES string of the molecule is CCCCCCc1cc(C(=O)c2ccc(OC)cc2)c(NC(=O)CN)s1. The summed E-state index contributed by atoms with van der Waals surface area (Å²) in [6.07, 6.45) is 5.55. The zero-order chi connectivity index (χ0) is 18.9. The predicted molar refractivity (Wildman–Crippen MR) is 106 cm³/mol. The van der Waals surface area contributed by atoms with Crippen LogP contribution in [0.4, 0.5) is 5.00 Å². The molecule has 0 fully saturated rings. The number of ketones is 1. The molecule has 1 heterocycles. The van der Waals surface area contributed by atoms with Gasteiger partial charge in [-0.15, -0.1) is 11.3 Å². The van der Waals surface area contributed by atoms with Gasteiger partial charge in [0.15, 0.2) is 5.78 Å². The molecule has 0 bridgehead atoms. The van der Waals surface area contributed by atoms with Gasteiger partial charge >= 0.3 is 0 Å². The monoisotopic (exact) mass is 374 g/mol. The Balaban J connectivity index is 2.23. The normalized spacial score (nSPS) is 10.6. The fourth-order valence-electron chi connectivity index (χ4n) is 2.63. The lowest BCUT2D eigenvalue weighted by atomic mass is 10.0. The third-order valence-corrected chi connectivity index (χ3v) is 5.21. The molecule has 0 aliphatic carbocycles. The number of carbonyl (C=O) groups is 2. The van der Waals surface area contributed by atoms with Crippen LogP contribution in [0.3, 0.4) is 0 Å². The number of rotatable bonds is 10. The van der Waals surface area contributed by atoms with Crippen molar-refractivity contribution in [1.29, 1.82) is 0 Å². The topological polar surface area (TPSA) is 81.4 Å². The second-order valence-corrected chi connectivity index (χ2v) is 7.21. The average molecular weight is 375 g/mol. The molecule has 0 atom stereocenters. The van der Waals surface area contributed by atoms with E-state index < -0.39 is 0 Å². The van der Waals surface area contributed by atoms with E-state index in [1.54, 1.807) is 31.4 Å². The summed E-state index contributed by atoms with van der Waals surface area (Å²) < 4.78 is 5.13. The summed E-state index contributed by atoms with van der Waals surface area (Å²) >= 11 is 1.46. The van der Waals surface area contributed by atoms with Gasteiger partial charge in [-0.1, -0.05) is 26.2 Å². The molecule has 0 aliphatic rings. The molecule has 140 valence electrons. The zero-order valence-electron chi connectivity index (χ0n) is 15.3. The van der Waals surface area contributed by atoms with Crippen molar-refractivity contribution >= 4 is 28.0 Å². The number of anilines is 1. The Morgan fingerprint density at radius 1 is 1.15 bits per heavy atom. The van der Waals surface area contributed by atoms with E-state index in [2.05, 4.69) is 12.2 Å². The van der Waals surface area contributed by atoms with Gasteiger partial charge in [-0.2, -0.15) is 0 Å². The lowest BCUT2D eigenvalue weighted by molar-refractivity contribution is -0.114. The number of unbranched alkanes of at least 4 members (excludes halogenated alkanes) is 3. The van der Waals surface area contributed by atoms with Gasteiger partial charge in [-0.25, -0.2) is 0 Å². The summed E-state index contributed by atoms with van der Waals surface area (Å²) in [7, 11) is 1.58. The van der Waals surface area contributed by atoms with Crippen molar-refractivity contribution in [2.24, 2.45) is 5.73 Å². The molecule has 6 heteroatoms. The smallest absolute Gasteiger partial charge is 0.238 e. The number of nitrogens with one attached hydrogen (secondary N) is 1. The fraction of sp³-hybridized carbons (Fsp3) is 0.400. The number of hydrogen-bond acceptors (Lipinski definition) is 5. The van der Waals surface area contributed by atoms with Gasteiger partial charge in [0.1, 0.15) is 10.8 Å². The van der Waals surface area contributed by atoms with Crippen LogP contribution in [-0.4, -0.2) is 25.3 Å². The van der Waals surface area contributed by atoms with Gasteiger partial charge in [0, 0.05) is 10.4 Å². The molecule has 1 aromatic carbocycles. The van der Waals surface area contributed by atoms with Crippen LogP contribution in [0.5, 0.6) is 5.75 Å². The lowest BCUT2D eigenvalue weighted by Crippen LogP contribution is -2.22. The van der Waals surface area contributed by atoms with Gasteiger partial charge in [0.25, 0.3) is 0 Å². The van der Waals surface area contributed by atoms with E-state index >= 15 is 0 Å². The number of amides is 1. The average Bonchev–Trinajstić information content (AvgIpc) is 3.07. The maximum Gasteiger partial charge on any atom is 0.238 e. The molecule has 1 aromatic heterocycles. The highest BCUT2D eigenvalue weighted by Crippen LogP contribution is 2.31. The molecule has 0 saturated carbocycles. The highest BCUT2D eigenvalue weighted by Gasteiger charge is 2.19. The summed E-state index contributed by atoms with van der Waals surface area (Å²) in [5.74, 6) is 0.282. The van der Waals surface area contributed by atoms with Crippen LogP contribution in [0, 0.1) is 0 Å². The standard InChI is InChI=1S/C20H26N2O3S/c1-3-4-5-6-7-16-12-17(20(26-16)22-18(23)13-21)19(24)14-8-10-15(25-2)11-9-14/h8-12H,3-7,13,21H2,1-2H3,(H,22,23). The molecule has 0 unspecified atom stereocenters. The first-order chi connectivity index (χ1) is 12.6. The first kappa shape index (κ1) is 20.1. The van der Waals surface area contributed by atoms with Crippen molar-refractivity contribution in [3.05, 3.63) is 46.3 Å². The molecule has 0 saturated heterocycles. The number of methoxy groups -OCH3 is 1. The number of nitrogens with two attached hydrogens (primary N) is 1. The van der Waals surface area contributed by atoms with Crippen LogP contribution in [0.2, 0.25) is 0 Å². The maximum absolute atomic E-state index is 12.9. The van der Waals surface area contributed by atoms with Gasteiger partial charge in [0.2, 0.25) is 5.91 Å². The van der Waals surface area contributed by atoms with Crippen LogP contribution in [0.1, 0.15) is 53.4 Å². The minimum absolute atomic E-state index is 0.111. The zero-order valence-corrected chi connectivity index (χ0v) is 16.2. The second-order valence-electron chi connectivity index (χ2n) is 6.08. The Morgan fingerprint density at radius 3 is 2.50 bits per heavy atom. The molecule has 1 amide bonds. The van der Waals surface area contributed by atoms with E-state index in [0.717, 1.165) is 17.7 Å². The summed E-state index contributed by atoms with van der Waals surface area (Å²) in [5, 5.41) is 3.34. The number of ether oxygens (including phenoxy) is 1. The van der Waals surface area contributed by atoms with Gasteiger partial charge in [-0.05, 0) is 43.2 Å². The van der Waals surface area contributed by atoms with Crippen molar-refractivity contribution in [3.8, 4) is 5.75 Å². The predicted octanol–water partition coefficient (Wildman–Crippen LogP) is 4.01. The summed E-state index contributed by atoms with van der Waals surface area (Å²) in [6, 6.07) is 8.87. The fourth-order valence-corrected chi connectivity index (χ4v) is 3.74. The van der Waals surface area contributed by atoms with Crippen molar-refractivity contribution < 1.29 is 14.3 Å². The molecule has 3 N–H and O–H groups in total. The third kappa shape index (κ3) is 5.41. The summed E-state index contributed by atoms with van der Waals surface area (Å²) in [6.45, 7) is 2.07. The minimum Gasteiger partial charge on any atom is -0.497 e. The molecule has 0 spiro atoms. The number of thiophene rings is 1. The molecular weight excluding hydrogens is 348 g/mol. The highest BCUT2D eigenvalue weighted by molar-refractivity contribution is 7.16. The van der Waals surface area contributed by atoms with Crippen molar-refractivity contribution in [2.45, 2.75) is 39.0 Å². The second kappa shape index (κ2) is 10.1. The van der Waals surface area contributed by atoms with Crippen molar-refractivity contribution in [1.82, 2.24) is 0 Å². The van der Waals surface area contributed by atoms with Crippen molar-refractivity contribution in [3.63, 3.8) is 0 Å². The number of carbonyl (C=O) groups excluding carboxylic acids is 2. The first-order valence-electron chi connectivity index (χ1n) is 8.90. The van der Waals surface area contributed by atoms with E-state index in [1.165, 1.54) is 30.6 Å². The molecule has 2 aromatic rings. The molecule has 0 aliphatic heterocycles. The number of hydrogen-bond donors (Lipinski definition) is 2. The summed E-state index contributed by atoms with van der Waals surface area (Å²) in [4.78, 5) is 25.7. The molecule has 2 rings (SSSR count). The van der Waals surface area contributed by atoms with E-state index in [1.807, 2.05) is 6.07 Å². The Kier molecular flexibility index (Phi) is 7.81. The van der Waals surface area contributed by atoms with Crippen LogP contribution in [0.25, 0.3) is 0 Å². The Morgan fingerprint density at radius 2 is 1.88 bits per heavy atom. The third-order valence-electron chi connectivity index (χ3n) is 4.10. The Bertz CT molecular complexity index is 738. The number of aryl methyl sites for hydroxylation is 1. The van der Waals surface area contributed by atoms with Crippen LogP contribution >= 0.6 is 11.3 Å². The Hall–Kier alpha value is -2.18. The van der Waals surface area contributed by atoms with Gasteiger partial charge in [0.05, 0.1) is 19.2 Å². The van der Waals surface area contributed by atoms with Crippen molar-refractivity contribution in [2.75, 3.05) is 19.0 Å². The van der Waals surface area contributed by atoms with Crippen LogP contribution in [-0.2, 0) is 11.2 Å². The van der Waals surface area contributed by atoms with Crippen LogP contribution in [0.15, 0.2) is 30.3 Å². The molecular formula is C20H26N2O3S. The van der Waals surface area contributed by atoms with Gasteiger partial charge in [-0.3, -0.25) is 9.59 Å². The minimum atomic E-state index is -0.298. The van der Waals surface area contributed by atoms with Gasteiger partial charge < -0.3 is 15.8 Å². The largest absolute Gasteiger partial charge is 0.497 e. The number of benzene rings is 1.